The molecule has 5 heteroatoms. The number of rotatable bonds is 1. The smallest absolute Gasteiger partial charge is 0.182 e. The first kappa shape index (κ1) is 9.48. The Labute approximate surface area is 97.0 Å². The van der Waals surface area contributed by atoms with Crippen molar-refractivity contribution >= 4 is 5.65 Å². The molecule has 3 aromatic heterocycles. The number of pyridine rings is 2. The van der Waals surface area contributed by atoms with Crippen LogP contribution in [0.4, 0.5) is 0 Å². The van der Waals surface area contributed by atoms with Crippen molar-refractivity contribution in [3.05, 3.63) is 48.4 Å². The quantitative estimate of drug-likeness (QED) is 0.626. The van der Waals surface area contributed by atoms with Crippen molar-refractivity contribution in [2.75, 3.05) is 0 Å². The molecule has 3 aromatic rings. The average molecular weight is 221 g/mol. The maximum Gasteiger partial charge on any atom is 0.182 e. The molecule has 0 N–H and O–H groups in total. The molecule has 0 saturated heterocycles. The van der Waals surface area contributed by atoms with Gasteiger partial charge in [-0.2, -0.15) is 5.26 Å². The van der Waals surface area contributed by atoms with Crippen LogP contribution in [0, 0.1) is 11.3 Å². The van der Waals surface area contributed by atoms with Crippen molar-refractivity contribution in [3.63, 3.8) is 0 Å². The van der Waals surface area contributed by atoms with Gasteiger partial charge in [0.2, 0.25) is 0 Å². The van der Waals surface area contributed by atoms with Gasteiger partial charge in [0.25, 0.3) is 0 Å². The normalized spacial score (nSPS) is 10.3. The molecular weight excluding hydrogens is 214 g/mol. The van der Waals surface area contributed by atoms with Crippen LogP contribution in [0.2, 0.25) is 0 Å². The zero-order valence-corrected chi connectivity index (χ0v) is 8.78. The molecule has 0 atom stereocenters. The van der Waals surface area contributed by atoms with Crippen molar-refractivity contribution in [2.45, 2.75) is 0 Å². The Bertz CT molecular complexity index is 709. The second kappa shape index (κ2) is 3.68. The van der Waals surface area contributed by atoms with Gasteiger partial charge in [-0.1, -0.05) is 0 Å². The zero-order chi connectivity index (χ0) is 11.7. The first-order valence-electron chi connectivity index (χ1n) is 5.04. The molecule has 0 aliphatic carbocycles. The summed E-state index contributed by atoms with van der Waals surface area (Å²) < 4.78 is 1.65. The van der Waals surface area contributed by atoms with Crippen LogP contribution < -0.4 is 0 Å². The van der Waals surface area contributed by atoms with E-state index in [1.807, 2.05) is 12.1 Å². The topological polar surface area (TPSA) is 66.9 Å². The summed E-state index contributed by atoms with van der Waals surface area (Å²) in [5.74, 6) is 0.627. The van der Waals surface area contributed by atoms with E-state index in [0.717, 1.165) is 5.56 Å². The van der Waals surface area contributed by atoms with Gasteiger partial charge in [0.15, 0.2) is 11.5 Å². The van der Waals surface area contributed by atoms with Gasteiger partial charge in [0, 0.05) is 30.2 Å². The maximum absolute atomic E-state index is 8.81. The lowest BCUT2D eigenvalue weighted by Crippen LogP contribution is -1.87. The Morgan fingerprint density at radius 1 is 1.18 bits per heavy atom. The third-order valence-electron chi connectivity index (χ3n) is 2.41. The van der Waals surface area contributed by atoms with Crippen LogP contribution in [0.5, 0.6) is 0 Å². The molecule has 17 heavy (non-hydrogen) atoms. The Balaban J connectivity index is 2.18. The molecule has 0 aliphatic rings. The lowest BCUT2D eigenvalue weighted by Gasteiger charge is -1.90. The minimum absolute atomic E-state index is 0.575. The molecule has 0 saturated carbocycles. The number of fused-ring (bicyclic) bond motifs is 1. The second-order valence-corrected chi connectivity index (χ2v) is 3.50. The molecule has 0 fully saturated rings. The molecule has 5 nitrogen and oxygen atoms in total. The third kappa shape index (κ3) is 1.62. The molecule has 0 unspecified atom stereocenters. The van der Waals surface area contributed by atoms with Crippen molar-refractivity contribution in [1.29, 1.82) is 5.26 Å². The highest BCUT2D eigenvalue weighted by atomic mass is 15.3. The molecule has 0 amide bonds. The highest BCUT2D eigenvalue weighted by molar-refractivity contribution is 5.58. The maximum atomic E-state index is 8.81. The minimum atomic E-state index is 0.575. The van der Waals surface area contributed by atoms with Gasteiger partial charge in [-0.3, -0.25) is 4.98 Å². The molecule has 0 aliphatic heterocycles. The molecule has 0 spiro atoms. The van der Waals surface area contributed by atoms with Crippen LogP contribution >= 0.6 is 0 Å². The van der Waals surface area contributed by atoms with Crippen LogP contribution in [0.1, 0.15) is 5.56 Å². The second-order valence-electron chi connectivity index (χ2n) is 3.50. The van der Waals surface area contributed by atoms with Gasteiger partial charge in [0.1, 0.15) is 0 Å². The average Bonchev–Trinajstić information content (AvgIpc) is 2.82. The largest absolute Gasteiger partial charge is 0.265 e. The summed E-state index contributed by atoms with van der Waals surface area (Å²) in [7, 11) is 0. The summed E-state index contributed by atoms with van der Waals surface area (Å²) >= 11 is 0. The van der Waals surface area contributed by atoms with Crippen molar-refractivity contribution < 1.29 is 0 Å². The summed E-state index contributed by atoms with van der Waals surface area (Å²) in [6.45, 7) is 0. The standard InChI is InChI=1S/C12H7N5/c13-8-9-3-6-17-11(7-9)15-12(16-17)10-1-4-14-5-2-10/h1-7H. The van der Waals surface area contributed by atoms with E-state index in [9.17, 15) is 0 Å². The van der Waals surface area contributed by atoms with Gasteiger partial charge in [0.05, 0.1) is 11.6 Å². The SMILES string of the molecule is N#Cc1ccn2nc(-c3ccncc3)nc2c1. The Morgan fingerprint density at radius 3 is 2.76 bits per heavy atom. The number of nitriles is 1. The summed E-state index contributed by atoms with van der Waals surface area (Å²) in [5.41, 5.74) is 2.14. The molecule has 80 valence electrons. The fourth-order valence-corrected chi connectivity index (χ4v) is 1.57. The van der Waals surface area contributed by atoms with Crippen LogP contribution in [0.3, 0.4) is 0 Å². The number of hydrogen-bond donors (Lipinski definition) is 0. The fraction of sp³-hybridized carbons (Fsp3) is 0. The highest BCUT2D eigenvalue weighted by Crippen LogP contribution is 2.15. The first-order chi connectivity index (χ1) is 8.36. The van der Waals surface area contributed by atoms with Gasteiger partial charge < -0.3 is 0 Å². The summed E-state index contributed by atoms with van der Waals surface area (Å²) in [6.07, 6.45) is 5.12. The summed E-state index contributed by atoms with van der Waals surface area (Å²) in [5, 5.41) is 13.1. The van der Waals surface area contributed by atoms with E-state index < -0.39 is 0 Å². The van der Waals surface area contributed by atoms with Crippen molar-refractivity contribution in [3.8, 4) is 17.5 Å². The Kier molecular flexibility index (Phi) is 2.06. The van der Waals surface area contributed by atoms with E-state index in [2.05, 4.69) is 21.1 Å². The fourth-order valence-electron chi connectivity index (χ4n) is 1.57. The van der Waals surface area contributed by atoms with Crippen LogP contribution in [-0.2, 0) is 0 Å². The van der Waals surface area contributed by atoms with Crippen molar-refractivity contribution in [1.82, 2.24) is 19.6 Å². The Hall–Kier alpha value is -2.74. The van der Waals surface area contributed by atoms with E-state index in [0.29, 0.717) is 17.0 Å². The lowest BCUT2D eigenvalue weighted by molar-refractivity contribution is 0.964. The van der Waals surface area contributed by atoms with Gasteiger partial charge in [-0.05, 0) is 18.2 Å². The van der Waals surface area contributed by atoms with E-state index >= 15 is 0 Å². The molecular formula is C12H7N5. The lowest BCUT2D eigenvalue weighted by atomic mass is 10.2. The number of hydrogen-bond acceptors (Lipinski definition) is 4. The zero-order valence-electron chi connectivity index (χ0n) is 8.78. The van der Waals surface area contributed by atoms with Gasteiger partial charge >= 0.3 is 0 Å². The van der Waals surface area contributed by atoms with E-state index in [1.165, 1.54) is 0 Å². The van der Waals surface area contributed by atoms with E-state index in [4.69, 9.17) is 5.26 Å². The van der Waals surface area contributed by atoms with Crippen LogP contribution in [0.25, 0.3) is 17.0 Å². The van der Waals surface area contributed by atoms with Gasteiger partial charge in [-0.25, -0.2) is 9.50 Å². The molecule has 3 rings (SSSR count). The highest BCUT2D eigenvalue weighted by Gasteiger charge is 2.06. The van der Waals surface area contributed by atoms with Crippen LogP contribution in [-0.4, -0.2) is 19.6 Å². The first-order valence-corrected chi connectivity index (χ1v) is 5.04. The predicted octanol–water partition coefficient (Wildman–Crippen LogP) is 1.66. The summed E-state index contributed by atoms with van der Waals surface area (Å²) in [6, 6.07) is 9.18. The van der Waals surface area contributed by atoms with Gasteiger partial charge in [-0.15, -0.1) is 5.10 Å². The molecule has 0 radical (unpaired) electrons. The third-order valence-corrected chi connectivity index (χ3v) is 2.41. The summed E-state index contributed by atoms with van der Waals surface area (Å²) in [4.78, 5) is 8.31. The molecule has 0 aromatic carbocycles. The minimum Gasteiger partial charge on any atom is -0.265 e. The monoisotopic (exact) mass is 221 g/mol. The Morgan fingerprint density at radius 2 is 2.00 bits per heavy atom. The van der Waals surface area contributed by atoms with Crippen molar-refractivity contribution in [2.24, 2.45) is 0 Å². The van der Waals surface area contributed by atoms with E-state index in [1.54, 1.807) is 35.2 Å². The van der Waals surface area contributed by atoms with Crippen LogP contribution in [0.15, 0.2) is 42.9 Å². The molecule has 0 bridgehead atoms. The van der Waals surface area contributed by atoms with E-state index in [-0.39, 0.29) is 0 Å². The number of aromatic nitrogens is 4. The predicted molar refractivity (Wildman–Crippen MR) is 60.9 cm³/mol. The number of nitrogens with zero attached hydrogens (tertiary/aromatic N) is 5. The molecule has 3 heterocycles.